The fourth-order valence-corrected chi connectivity index (χ4v) is 6.01. The molecule has 2 aliphatic rings. The molecular formula is C42H46O. The molecule has 1 nitrogen and oxygen atoms in total. The van der Waals surface area contributed by atoms with Crippen molar-refractivity contribution in [3.63, 3.8) is 0 Å². The predicted molar refractivity (Wildman–Crippen MR) is 186 cm³/mol. The molecule has 0 fully saturated rings. The molecule has 0 radical (unpaired) electrons. The Morgan fingerprint density at radius 3 is 1.40 bits per heavy atom. The Kier molecular flexibility index (Phi) is 10.4. The van der Waals surface area contributed by atoms with E-state index in [0.717, 1.165) is 12.2 Å². The third-order valence-electron chi connectivity index (χ3n) is 8.52. The second kappa shape index (κ2) is 14.2. The van der Waals surface area contributed by atoms with E-state index in [2.05, 4.69) is 137 Å². The molecule has 0 atom stereocenters. The molecule has 220 valence electrons. The fourth-order valence-electron chi connectivity index (χ4n) is 6.01. The normalized spacial score (nSPS) is 12.8. The van der Waals surface area contributed by atoms with Gasteiger partial charge in [-0.15, -0.1) is 0 Å². The van der Waals surface area contributed by atoms with Crippen molar-refractivity contribution in [1.82, 2.24) is 0 Å². The van der Waals surface area contributed by atoms with E-state index < -0.39 is 5.60 Å². The first-order chi connectivity index (χ1) is 21.0. The van der Waals surface area contributed by atoms with Crippen LogP contribution in [0.2, 0.25) is 0 Å². The standard InChI is InChI=1S/C26H24O.C12H10.2C2H6/c1-16-17(2)19(4)25-22(18(16)3)13-14-26(27-25)23-11-7-5-9-20(23)15-21-10-6-8-12-24(21)26;1-3-7-11(8-4-1)12-9-5-2-6-10-12;2*1-2/h5-14H,15H2,1-4H3;1-10H;2*1-2H3. The zero-order chi connectivity index (χ0) is 31.0. The summed E-state index contributed by atoms with van der Waals surface area (Å²) in [5.74, 6) is 1.03. The van der Waals surface area contributed by atoms with Crippen molar-refractivity contribution in [2.75, 3.05) is 0 Å². The Morgan fingerprint density at radius 1 is 0.488 bits per heavy atom. The molecule has 0 saturated carbocycles. The Hall–Kier alpha value is -4.36. The third kappa shape index (κ3) is 6.09. The molecule has 0 saturated heterocycles. The molecule has 1 heteroatoms. The maximum Gasteiger partial charge on any atom is 0.178 e. The molecule has 0 amide bonds. The third-order valence-corrected chi connectivity index (χ3v) is 8.52. The van der Waals surface area contributed by atoms with Crippen LogP contribution in [-0.2, 0) is 12.0 Å². The zero-order valence-electron chi connectivity index (χ0n) is 27.2. The van der Waals surface area contributed by atoms with Crippen molar-refractivity contribution < 1.29 is 4.74 Å². The topological polar surface area (TPSA) is 9.23 Å². The largest absolute Gasteiger partial charge is 0.473 e. The van der Waals surface area contributed by atoms with Crippen LogP contribution in [0.25, 0.3) is 17.2 Å². The van der Waals surface area contributed by atoms with Crippen molar-refractivity contribution in [2.45, 2.75) is 67.4 Å². The zero-order valence-corrected chi connectivity index (χ0v) is 27.2. The average molecular weight is 567 g/mol. The monoisotopic (exact) mass is 566 g/mol. The van der Waals surface area contributed by atoms with Crippen molar-refractivity contribution in [3.05, 3.63) is 165 Å². The Bertz CT molecular complexity index is 1590. The summed E-state index contributed by atoms with van der Waals surface area (Å²) in [6.07, 6.45) is 5.52. The lowest BCUT2D eigenvalue weighted by Gasteiger charge is -2.42. The summed E-state index contributed by atoms with van der Waals surface area (Å²) in [5.41, 5.74) is 13.7. The van der Waals surface area contributed by atoms with Gasteiger partial charge in [-0.3, -0.25) is 0 Å². The quantitative estimate of drug-likeness (QED) is 0.196. The number of fused-ring (bicyclic) bond motifs is 5. The highest BCUT2D eigenvalue weighted by atomic mass is 16.5. The fraction of sp³-hybridized carbons (Fsp3) is 0.238. The summed E-state index contributed by atoms with van der Waals surface area (Å²) >= 11 is 0. The van der Waals surface area contributed by atoms with Crippen molar-refractivity contribution >= 4 is 6.08 Å². The van der Waals surface area contributed by atoms with Gasteiger partial charge in [-0.2, -0.15) is 0 Å². The van der Waals surface area contributed by atoms with Gasteiger partial charge in [0.15, 0.2) is 5.60 Å². The lowest BCUT2D eigenvalue weighted by molar-refractivity contribution is 0.155. The molecule has 0 unspecified atom stereocenters. The maximum atomic E-state index is 6.97. The lowest BCUT2D eigenvalue weighted by atomic mass is 9.73. The Labute approximate surface area is 259 Å². The van der Waals surface area contributed by atoms with Gasteiger partial charge < -0.3 is 4.74 Å². The van der Waals surface area contributed by atoms with Gasteiger partial charge in [-0.1, -0.05) is 143 Å². The van der Waals surface area contributed by atoms with E-state index in [0.29, 0.717) is 0 Å². The average Bonchev–Trinajstić information content (AvgIpc) is 3.09. The molecule has 1 heterocycles. The first kappa shape index (κ1) is 31.6. The smallest absolute Gasteiger partial charge is 0.178 e. The van der Waals surface area contributed by atoms with Gasteiger partial charge in [0.25, 0.3) is 0 Å². The highest BCUT2D eigenvalue weighted by Gasteiger charge is 2.43. The van der Waals surface area contributed by atoms with Crippen LogP contribution >= 0.6 is 0 Å². The highest BCUT2D eigenvalue weighted by molar-refractivity contribution is 5.73. The van der Waals surface area contributed by atoms with Crippen molar-refractivity contribution in [2.24, 2.45) is 0 Å². The summed E-state index contributed by atoms with van der Waals surface area (Å²) in [6.45, 7) is 16.8. The van der Waals surface area contributed by atoms with Gasteiger partial charge in [0.1, 0.15) is 5.75 Å². The SMILES string of the molecule is CC.CC.Cc1c(C)c(C)c2c(c1C)C=CC1(O2)c2ccccc2Cc2ccccc21.c1ccc(-c2ccccc2)cc1. The van der Waals surface area contributed by atoms with Gasteiger partial charge >= 0.3 is 0 Å². The van der Waals surface area contributed by atoms with E-state index in [1.54, 1.807) is 0 Å². The minimum atomic E-state index is -0.544. The van der Waals surface area contributed by atoms with Crippen LogP contribution in [0.15, 0.2) is 115 Å². The van der Waals surface area contributed by atoms with Crippen LogP contribution in [0, 0.1) is 27.7 Å². The predicted octanol–water partition coefficient (Wildman–Crippen LogP) is 11.6. The molecule has 0 N–H and O–H groups in total. The molecule has 0 aromatic heterocycles. The van der Waals surface area contributed by atoms with Crippen LogP contribution in [0.5, 0.6) is 5.75 Å². The number of rotatable bonds is 1. The Balaban J connectivity index is 0.000000221. The summed E-state index contributed by atoms with van der Waals surface area (Å²) in [5, 5.41) is 0. The van der Waals surface area contributed by atoms with Gasteiger partial charge in [-0.25, -0.2) is 0 Å². The van der Waals surface area contributed by atoms with Gasteiger partial charge in [0, 0.05) is 16.7 Å². The van der Waals surface area contributed by atoms with E-state index in [1.807, 2.05) is 39.8 Å². The number of hydrogen-bond donors (Lipinski definition) is 0. The molecular weight excluding hydrogens is 520 g/mol. The molecule has 1 aliphatic carbocycles. The van der Waals surface area contributed by atoms with Gasteiger partial charge in [0.05, 0.1) is 0 Å². The van der Waals surface area contributed by atoms with E-state index in [-0.39, 0.29) is 0 Å². The number of hydrogen-bond acceptors (Lipinski definition) is 1. The van der Waals surface area contributed by atoms with Crippen LogP contribution in [0.4, 0.5) is 0 Å². The molecule has 0 bridgehead atoms. The van der Waals surface area contributed by atoms with Gasteiger partial charge in [0.2, 0.25) is 0 Å². The molecule has 1 spiro atoms. The van der Waals surface area contributed by atoms with Crippen molar-refractivity contribution in [1.29, 1.82) is 0 Å². The second-order valence-corrected chi connectivity index (χ2v) is 10.6. The van der Waals surface area contributed by atoms with Crippen LogP contribution in [0.3, 0.4) is 0 Å². The first-order valence-electron chi connectivity index (χ1n) is 15.8. The molecule has 1 aliphatic heterocycles. The van der Waals surface area contributed by atoms with E-state index in [4.69, 9.17) is 4.74 Å². The van der Waals surface area contributed by atoms with E-state index in [9.17, 15) is 0 Å². The van der Waals surface area contributed by atoms with Gasteiger partial charge in [-0.05, 0) is 84.7 Å². The van der Waals surface area contributed by atoms with Crippen molar-refractivity contribution in [3.8, 4) is 16.9 Å². The molecule has 5 aromatic carbocycles. The number of benzene rings is 5. The molecule has 5 aromatic rings. The number of ether oxygens (including phenoxy) is 1. The van der Waals surface area contributed by atoms with E-state index in [1.165, 1.54) is 61.2 Å². The minimum Gasteiger partial charge on any atom is -0.473 e. The first-order valence-corrected chi connectivity index (χ1v) is 15.8. The minimum absolute atomic E-state index is 0.544. The Morgan fingerprint density at radius 2 is 0.907 bits per heavy atom. The summed E-state index contributed by atoms with van der Waals surface area (Å²) in [6, 6.07) is 38.2. The molecule has 7 rings (SSSR count). The summed E-state index contributed by atoms with van der Waals surface area (Å²) < 4.78 is 6.97. The lowest BCUT2D eigenvalue weighted by Crippen LogP contribution is -2.39. The maximum absolute atomic E-state index is 6.97. The summed E-state index contributed by atoms with van der Waals surface area (Å²) in [7, 11) is 0. The van der Waals surface area contributed by atoms with E-state index >= 15 is 0 Å². The highest BCUT2D eigenvalue weighted by Crippen LogP contribution is 2.49. The summed E-state index contributed by atoms with van der Waals surface area (Å²) in [4.78, 5) is 0. The van der Waals surface area contributed by atoms with Crippen LogP contribution in [-0.4, -0.2) is 0 Å². The molecule has 43 heavy (non-hydrogen) atoms. The van der Waals surface area contributed by atoms with Crippen LogP contribution < -0.4 is 4.74 Å². The van der Waals surface area contributed by atoms with Crippen LogP contribution in [0.1, 0.15) is 77.8 Å². The second-order valence-electron chi connectivity index (χ2n) is 10.6.